The number of rotatable bonds is 4. The predicted molar refractivity (Wildman–Crippen MR) is 75.9 cm³/mol. The van der Waals surface area contributed by atoms with Gasteiger partial charge >= 0.3 is 0 Å². The van der Waals surface area contributed by atoms with E-state index in [1.54, 1.807) is 0 Å². The van der Waals surface area contributed by atoms with E-state index < -0.39 is 0 Å². The van der Waals surface area contributed by atoms with Crippen molar-refractivity contribution in [2.24, 2.45) is 0 Å². The largest absolute Gasteiger partial charge is 0.382 e. The molecule has 1 heterocycles. The minimum atomic E-state index is 0.376. The van der Waals surface area contributed by atoms with Crippen molar-refractivity contribution in [1.82, 2.24) is 4.90 Å². The fourth-order valence-electron chi connectivity index (χ4n) is 2.49. The molecule has 1 aromatic carbocycles. The first-order valence-corrected chi connectivity index (χ1v) is 6.75. The molecule has 18 heavy (non-hydrogen) atoms. The summed E-state index contributed by atoms with van der Waals surface area (Å²) < 4.78 is 5.58. The van der Waals surface area contributed by atoms with Gasteiger partial charge in [0.15, 0.2) is 0 Å². The Morgan fingerprint density at radius 2 is 2.22 bits per heavy atom. The molecule has 0 radical (unpaired) electrons. The lowest BCUT2D eigenvalue weighted by atomic mass is 10.0. The van der Waals surface area contributed by atoms with Crippen LogP contribution in [0.4, 0.5) is 5.69 Å². The molecule has 1 aliphatic rings. The smallest absolute Gasteiger partial charge is 0.0566 e. The minimum absolute atomic E-state index is 0.376. The molecule has 2 rings (SSSR count). The summed E-state index contributed by atoms with van der Waals surface area (Å²) in [5, 5.41) is 3.63. The van der Waals surface area contributed by atoms with E-state index in [9.17, 15) is 0 Å². The van der Waals surface area contributed by atoms with E-state index >= 15 is 0 Å². The fourth-order valence-corrected chi connectivity index (χ4v) is 2.49. The molecule has 0 aliphatic carbocycles. The van der Waals surface area contributed by atoms with Gasteiger partial charge in [-0.2, -0.15) is 0 Å². The Balaban J connectivity index is 1.96. The normalized spacial score (nSPS) is 24.2. The monoisotopic (exact) mass is 248 g/mol. The van der Waals surface area contributed by atoms with Gasteiger partial charge in [-0.1, -0.05) is 12.1 Å². The van der Waals surface area contributed by atoms with Crippen LogP contribution in [-0.4, -0.2) is 37.7 Å². The van der Waals surface area contributed by atoms with E-state index in [-0.39, 0.29) is 0 Å². The second-order valence-electron chi connectivity index (χ2n) is 5.49. The molecule has 3 nitrogen and oxygen atoms in total. The van der Waals surface area contributed by atoms with Crippen LogP contribution in [0.5, 0.6) is 0 Å². The molecular weight excluding hydrogens is 224 g/mol. The molecule has 3 heteroatoms. The molecule has 100 valence electrons. The van der Waals surface area contributed by atoms with E-state index in [0.717, 1.165) is 26.0 Å². The first-order chi connectivity index (χ1) is 8.63. The number of anilines is 1. The summed E-state index contributed by atoms with van der Waals surface area (Å²) in [7, 11) is 4.19. The van der Waals surface area contributed by atoms with Crippen molar-refractivity contribution < 1.29 is 4.74 Å². The van der Waals surface area contributed by atoms with Gasteiger partial charge < -0.3 is 15.0 Å². The lowest BCUT2D eigenvalue weighted by Crippen LogP contribution is -2.32. The van der Waals surface area contributed by atoms with Gasteiger partial charge in [-0.05, 0) is 51.6 Å². The van der Waals surface area contributed by atoms with E-state index in [1.807, 2.05) is 0 Å². The average Bonchev–Trinajstić information content (AvgIpc) is 2.28. The van der Waals surface area contributed by atoms with Crippen molar-refractivity contribution in [2.75, 3.05) is 26.0 Å². The number of nitrogens with one attached hydrogen (secondary N) is 1. The van der Waals surface area contributed by atoms with E-state index in [4.69, 9.17) is 4.74 Å². The van der Waals surface area contributed by atoms with Gasteiger partial charge in [0, 0.05) is 24.9 Å². The number of ether oxygens (including phenoxy) is 1. The zero-order valence-corrected chi connectivity index (χ0v) is 11.6. The number of benzene rings is 1. The topological polar surface area (TPSA) is 24.5 Å². The standard InChI is InChI=1S/C15H24N2O/c1-12-9-15(7-8-18-12)16-14-6-4-5-13(10-14)11-17(2)3/h4-6,10,12,15-16H,7-9,11H2,1-3H3. The first kappa shape index (κ1) is 13.4. The maximum Gasteiger partial charge on any atom is 0.0566 e. The van der Waals surface area contributed by atoms with Crippen molar-refractivity contribution in [3.05, 3.63) is 29.8 Å². The third kappa shape index (κ3) is 4.00. The van der Waals surface area contributed by atoms with Crippen molar-refractivity contribution in [3.63, 3.8) is 0 Å². The second kappa shape index (κ2) is 6.21. The third-order valence-electron chi connectivity index (χ3n) is 3.28. The van der Waals surface area contributed by atoms with E-state index in [2.05, 4.69) is 55.5 Å². The molecule has 0 spiro atoms. The Bertz CT molecular complexity index is 379. The highest BCUT2D eigenvalue weighted by Crippen LogP contribution is 2.19. The molecule has 1 aliphatic heterocycles. The Kier molecular flexibility index (Phi) is 4.61. The van der Waals surface area contributed by atoms with Gasteiger partial charge in [0.25, 0.3) is 0 Å². The van der Waals surface area contributed by atoms with Crippen LogP contribution in [-0.2, 0) is 11.3 Å². The van der Waals surface area contributed by atoms with Crippen LogP contribution in [0, 0.1) is 0 Å². The molecule has 0 aromatic heterocycles. The van der Waals surface area contributed by atoms with E-state index in [1.165, 1.54) is 11.3 Å². The first-order valence-electron chi connectivity index (χ1n) is 6.75. The number of hydrogen-bond donors (Lipinski definition) is 1. The van der Waals surface area contributed by atoms with Crippen LogP contribution in [0.1, 0.15) is 25.3 Å². The Labute approximate surface area is 110 Å². The summed E-state index contributed by atoms with van der Waals surface area (Å²) in [4.78, 5) is 2.19. The molecule has 2 atom stereocenters. The molecule has 1 saturated heterocycles. The zero-order valence-electron chi connectivity index (χ0n) is 11.6. The molecule has 1 N–H and O–H groups in total. The van der Waals surface area contributed by atoms with Crippen LogP contribution < -0.4 is 5.32 Å². The predicted octanol–water partition coefficient (Wildman–Crippen LogP) is 2.73. The fraction of sp³-hybridized carbons (Fsp3) is 0.600. The van der Waals surface area contributed by atoms with Crippen molar-refractivity contribution >= 4 is 5.69 Å². The van der Waals surface area contributed by atoms with Gasteiger partial charge in [0.05, 0.1) is 6.10 Å². The van der Waals surface area contributed by atoms with Crippen LogP contribution in [0.15, 0.2) is 24.3 Å². The Morgan fingerprint density at radius 1 is 1.39 bits per heavy atom. The number of nitrogens with zero attached hydrogens (tertiary/aromatic N) is 1. The number of hydrogen-bond acceptors (Lipinski definition) is 3. The van der Waals surface area contributed by atoms with Crippen LogP contribution in [0.3, 0.4) is 0 Å². The lowest BCUT2D eigenvalue weighted by molar-refractivity contribution is 0.0232. The molecule has 2 unspecified atom stereocenters. The van der Waals surface area contributed by atoms with Gasteiger partial charge in [0.1, 0.15) is 0 Å². The summed E-state index contributed by atoms with van der Waals surface area (Å²) in [5.74, 6) is 0. The molecule has 0 bridgehead atoms. The second-order valence-corrected chi connectivity index (χ2v) is 5.49. The van der Waals surface area contributed by atoms with Crippen molar-refractivity contribution in [2.45, 2.75) is 38.5 Å². The molecular formula is C15H24N2O. The van der Waals surface area contributed by atoms with Gasteiger partial charge in [0.2, 0.25) is 0 Å². The van der Waals surface area contributed by atoms with Crippen LogP contribution >= 0.6 is 0 Å². The highest BCUT2D eigenvalue weighted by Gasteiger charge is 2.18. The molecule has 1 aromatic rings. The van der Waals surface area contributed by atoms with Crippen LogP contribution in [0.25, 0.3) is 0 Å². The Hall–Kier alpha value is -1.06. The van der Waals surface area contributed by atoms with E-state index in [0.29, 0.717) is 12.1 Å². The average molecular weight is 248 g/mol. The SMILES string of the molecule is CC1CC(Nc2cccc(CN(C)C)c2)CCO1. The van der Waals surface area contributed by atoms with Gasteiger partial charge in [-0.25, -0.2) is 0 Å². The summed E-state index contributed by atoms with van der Waals surface area (Å²) in [6.45, 7) is 4.01. The van der Waals surface area contributed by atoms with Gasteiger partial charge in [-0.15, -0.1) is 0 Å². The summed E-state index contributed by atoms with van der Waals surface area (Å²) in [6, 6.07) is 9.25. The quantitative estimate of drug-likeness (QED) is 0.886. The molecule has 1 fully saturated rings. The van der Waals surface area contributed by atoms with Crippen LogP contribution in [0.2, 0.25) is 0 Å². The summed E-state index contributed by atoms with van der Waals surface area (Å²) in [6.07, 6.45) is 2.57. The summed E-state index contributed by atoms with van der Waals surface area (Å²) in [5.41, 5.74) is 2.58. The molecule has 0 saturated carbocycles. The maximum atomic E-state index is 5.58. The minimum Gasteiger partial charge on any atom is -0.382 e. The summed E-state index contributed by atoms with van der Waals surface area (Å²) >= 11 is 0. The van der Waals surface area contributed by atoms with Crippen molar-refractivity contribution in [3.8, 4) is 0 Å². The highest BCUT2D eigenvalue weighted by atomic mass is 16.5. The maximum absolute atomic E-state index is 5.58. The van der Waals surface area contributed by atoms with Crippen molar-refractivity contribution in [1.29, 1.82) is 0 Å². The zero-order chi connectivity index (χ0) is 13.0. The Morgan fingerprint density at radius 3 is 2.94 bits per heavy atom. The third-order valence-corrected chi connectivity index (χ3v) is 3.28. The van der Waals surface area contributed by atoms with Gasteiger partial charge in [-0.3, -0.25) is 0 Å². The lowest BCUT2D eigenvalue weighted by Gasteiger charge is -2.28. The molecule has 0 amide bonds. The highest BCUT2D eigenvalue weighted by molar-refractivity contribution is 5.46.